The average Bonchev–Trinajstić information content (AvgIpc) is 2.61. The maximum absolute atomic E-state index is 14.4. The number of carbonyl (C=O) groups is 1. The van der Waals surface area contributed by atoms with E-state index in [-0.39, 0.29) is 36.9 Å². The summed E-state index contributed by atoms with van der Waals surface area (Å²) in [5.41, 5.74) is -0.589. The summed E-state index contributed by atoms with van der Waals surface area (Å²) in [6.07, 6.45) is -5.16. The minimum absolute atomic E-state index is 0.00104. The van der Waals surface area contributed by atoms with Gasteiger partial charge in [0.15, 0.2) is 0 Å². The number of benzene rings is 1. The van der Waals surface area contributed by atoms with E-state index in [0.29, 0.717) is 12.4 Å². The van der Waals surface area contributed by atoms with Gasteiger partial charge in [-0.3, -0.25) is 0 Å². The van der Waals surface area contributed by atoms with Crippen LogP contribution >= 0.6 is 0 Å². The fraction of sp³-hybridized carbons (Fsp3) is 0.312. The van der Waals surface area contributed by atoms with Crippen LogP contribution in [0.2, 0.25) is 0 Å². The van der Waals surface area contributed by atoms with E-state index >= 15 is 0 Å². The molecule has 1 aromatic heterocycles. The van der Waals surface area contributed by atoms with Crippen LogP contribution in [0.5, 0.6) is 0 Å². The highest BCUT2D eigenvalue weighted by Crippen LogP contribution is 2.29. The Morgan fingerprint density at radius 1 is 1.30 bits per heavy atom. The Morgan fingerprint density at radius 3 is 2.59 bits per heavy atom. The van der Waals surface area contributed by atoms with Gasteiger partial charge >= 0.3 is 12.3 Å². The molecule has 0 bridgehead atoms. The third kappa shape index (κ3) is 4.42. The van der Waals surface area contributed by atoms with Gasteiger partial charge in [0.05, 0.1) is 18.7 Å². The molecule has 2 aromatic rings. The first kappa shape index (κ1) is 18.8. The molecular weight excluding hydrogens is 372 g/mol. The molecule has 0 saturated carbocycles. The molecule has 1 aliphatic rings. The number of alkyl halides is 3. The van der Waals surface area contributed by atoms with E-state index in [1.807, 2.05) is 0 Å². The number of hydrogen-bond acceptors (Lipinski definition) is 5. The number of rotatable bonds is 3. The number of morpholine rings is 1. The topological polar surface area (TPSA) is 87.6 Å². The molecule has 11 heteroatoms. The van der Waals surface area contributed by atoms with Crippen molar-refractivity contribution in [2.24, 2.45) is 0 Å². The van der Waals surface area contributed by atoms with Crippen LogP contribution < -0.4 is 5.32 Å². The molecule has 27 heavy (non-hydrogen) atoms. The molecule has 1 atom stereocenters. The molecule has 144 valence electrons. The van der Waals surface area contributed by atoms with E-state index in [2.05, 4.69) is 15.3 Å². The van der Waals surface area contributed by atoms with E-state index in [1.54, 1.807) is 0 Å². The molecule has 1 aliphatic heterocycles. The minimum atomic E-state index is -4.55. The van der Waals surface area contributed by atoms with Gasteiger partial charge in [-0.15, -0.1) is 0 Å². The Labute approximate surface area is 150 Å². The molecule has 0 spiro atoms. The number of carboxylic acid groups (broad SMARTS) is 1. The Morgan fingerprint density at radius 2 is 2.00 bits per heavy atom. The van der Waals surface area contributed by atoms with Gasteiger partial charge in [0.2, 0.25) is 5.95 Å². The molecular formula is C16H14F4N4O3. The largest absolute Gasteiger partial charge is 0.465 e. The average molecular weight is 386 g/mol. The zero-order valence-corrected chi connectivity index (χ0v) is 13.7. The van der Waals surface area contributed by atoms with Crippen LogP contribution in [-0.4, -0.2) is 45.8 Å². The first-order valence-electron chi connectivity index (χ1n) is 7.79. The molecule has 1 amide bonds. The summed E-state index contributed by atoms with van der Waals surface area (Å²) in [5, 5.41) is 11.6. The molecule has 1 aromatic carbocycles. The van der Waals surface area contributed by atoms with Gasteiger partial charge in [-0.1, -0.05) is 6.07 Å². The highest BCUT2D eigenvalue weighted by Gasteiger charge is 2.31. The zero-order chi connectivity index (χ0) is 19.6. The second-order valence-corrected chi connectivity index (χ2v) is 5.74. The number of halogens is 4. The third-order valence-corrected chi connectivity index (χ3v) is 3.92. The summed E-state index contributed by atoms with van der Waals surface area (Å²) in [5.74, 6) is -0.773. The molecule has 7 nitrogen and oxygen atoms in total. The Kier molecular flexibility index (Phi) is 5.13. The van der Waals surface area contributed by atoms with Gasteiger partial charge in [0.1, 0.15) is 11.9 Å². The maximum Gasteiger partial charge on any atom is 0.419 e. The summed E-state index contributed by atoms with van der Waals surface area (Å²) in [6, 6.07) is 4.00. The summed E-state index contributed by atoms with van der Waals surface area (Å²) >= 11 is 0. The van der Waals surface area contributed by atoms with Crippen molar-refractivity contribution in [3.8, 4) is 0 Å². The standard InChI is InChI=1S/C16H14F4N4O3/c17-12-5-10(23-14-21-6-9(7-22-14)16(18,19)20)1-2-11(12)13-8-24(15(25)26)3-4-27-13/h1-2,5-7,13H,3-4,8H2,(H,25,26)(H,21,22,23)/t13-/m0/s1. The predicted octanol–water partition coefficient (Wildman–Crippen LogP) is 3.43. The van der Waals surface area contributed by atoms with Gasteiger partial charge in [-0.05, 0) is 12.1 Å². The van der Waals surface area contributed by atoms with Gasteiger partial charge in [-0.2, -0.15) is 13.2 Å². The minimum Gasteiger partial charge on any atom is -0.465 e. The summed E-state index contributed by atoms with van der Waals surface area (Å²) < 4.78 is 57.3. The van der Waals surface area contributed by atoms with Crippen molar-refractivity contribution < 1.29 is 32.2 Å². The predicted molar refractivity (Wildman–Crippen MR) is 85.0 cm³/mol. The van der Waals surface area contributed by atoms with Crippen LogP contribution in [0.25, 0.3) is 0 Å². The van der Waals surface area contributed by atoms with Crippen molar-refractivity contribution in [3.05, 3.63) is 47.5 Å². The molecule has 0 aliphatic carbocycles. The molecule has 0 unspecified atom stereocenters. The fourth-order valence-electron chi connectivity index (χ4n) is 2.55. The van der Waals surface area contributed by atoms with Crippen molar-refractivity contribution in [1.82, 2.24) is 14.9 Å². The van der Waals surface area contributed by atoms with E-state index in [1.165, 1.54) is 12.1 Å². The fourth-order valence-corrected chi connectivity index (χ4v) is 2.55. The van der Waals surface area contributed by atoms with Crippen LogP contribution in [0.1, 0.15) is 17.2 Å². The highest BCUT2D eigenvalue weighted by atomic mass is 19.4. The van der Waals surface area contributed by atoms with Crippen LogP contribution in [0.3, 0.4) is 0 Å². The van der Waals surface area contributed by atoms with Crippen molar-refractivity contribution in [3.63, 3.8) is 0 Å². The van der Waals surface area contributed by atoms with E-state index in [4.69, 9.17) is 9.84 Å². The quantitative estimate of drug-likeness (QED) is 0.786. The second-order valence-electron chi connectivity index (χ2n) is 5.74. The number of ether oxygens (including phenoxy) is 1. The SMILES string of the molecule is O=C(O)N1CCO[C@H](c2ccc(Nc3ncc(C(F)(F)F)cn3)cc2F)C1. The summed E-state index contributed by atoms with van der Waals surface area (Å²) in [6.45, 7) is 0.356. The van der Waals surface area contributed by atoms with Gasteiger partial charge in [0, 0.05) is 30.2 Å². The molecule has 2 N–H and O–H groups in total. The van der Waals surface area contributed by atoms with Crippen LogP contribution in [-0.2, 0) is 10.9 Å². The maximum atomic E-state index is 14.4. The first-order valence-corrected chi connectivity index (χ1v) is 7.79. The van der Waals surface area contributed by atoms with E-state index < -0.39 is 29.8 Å². The van der Waals surface area contributed by atoms with Gasteiger partial charge < -0.3 is 20.1 Å². The number of aromatic nitrogens is 2. The van der Waals surface area contributed by atoms with E-state index in [0.717, 1.165) is 11.0 Å². The molecule has 3 rings (SSSR count). The first-order chi connectivity index (χ1) is 12.7. The Hall–Kier alpha value is -2.95. The monoisotopic (exact) mass is 386 g/mol. The zero-order valence-electron chi connectivity index (χ0n) is 13.7. The van der Waals surface area contributed by atoms with Gasteiger partial charge in [0.25, 0.3) is 0 Å². The van der Waals surface area contributed by atoms with Crippen molar-refractivity contribution in [2.45, 2.75) is 12.3 Å². The molecule has 2 heterocycles. The lowest BCUT2D eigenvalue weighted by molar-refractivity contribution is -0.138. The smallest absolute Gasteiger partial charge is 0.419 e. The highest BCUT2D eigenvalue weighted by molar-refractivity contribution is 5.65. The van der Waals surface area contributed by atoms with E-state index in [9.17, 15) is 22.4 Å². The van der Waals surface area contributed by atoms with Crippen LogP contribution in [0.4, 0.5) is 34.0 Å². The molecule has 1 saturated heterocycles. The summed E-state index contributed by atoms with van der Waals surface area (Å²) in [7, 11) is 0. The van der Waals surface area contributed by atoms with Crippen molar-refractivity contribution in [1.29, 1.82) is 0 Å². The third-order valence-electron chi connectivity index (χ3n) is 3.92. The Bertz CT molecular complexity index is 829. The van der Waals surface area contributed by atoms with Crippen molar-refractivity contribution in [2.75, 3.05) is 25.0 Å². The lowest BCUT2D eigenvalue weighted by atomic mass is 10.1. The molecule has 1 fully saturated rings. The van der Waals surface area contributed by atoms with Crippen LogP contribution in [0.15, 0.2) is 30.6 Å². The van der Waals surface area contributed by atoms with Gasteiger partial charge in [-0.25, -0.2) is 19.2 Å². The number of anilines is 2. The number of nitrogens with zero attached hydrogens (tertiary/aromatic N) is 3. The summed E-state index contributed by atoms with van der Waals surface area (Å²) in [4.78, 5) is 19.3. The number of nitrogens with one attached hydrogen (secondary N) is 1. The van der Waals surface area contributed by atoms with Crippen LogP contribution in [0, 0.1) is 5.82 Å². The second kappa shape index (κ2) is 7.35. The lowest BCUT2D eigenvalue weighted by Crippen LogP contribution is -2.41. The van der Waals surface area contributed by atoms with Crippen molar-refractivity contribution >= 4 is 17.7 Å². The normalized spacial score (nSPS) is 17.6. The molecule has 0 radical (unpaired) electrons. The number of hydrogen-bond donors (Lipinski definition) is 2. The lowest BCUT2D eigenvalue weighted by Gasteiger charge is -2.31. The number of amides is 1. The Balaban J connectivity index is 1.72.